The van der Waals surface area contributed by atoms with Crippen molar-refractivity contribution < 1.29 is 4.79 Å². The normalized spacial score (nSPS) is 23.2. The third-order valence-electron chi connectivity index (χ3n) is 3.38. The van der Waals surface area contributed by atoms with Crippen LogP contribution >= 0.6 is 11.8 Å². The van der Waals surface area contributed by atoms with E-state index >= 15 is 0 Å². The second kappa shape index (κ2) is 5.65. The van der Waals surface area contributed by atoms with Crippen LogP contribution in [0.4, 0.5) is 5.82 Å². The van der Waals surface area contributed by atoms with Gasteiger partial charge in [0.25, 0.3) is 5.91 Å². The van der Waals surface area contributed by atoms with E-state index in [9.17, 15) is 4.79 Å². The molecule has 0 saturated heterocycles. The quantitative estimate of drug-likeness (QED) is 0.866. The predicted octanol–water partition coefficient (Wildman–Crippen LogP) is 1.41. The van der Waals surface area contributed by atoms with E-state index in [1.54, 1.807) is 7.05 Å². The monoisotopic (exact) mass is 268 g/mol. The highest BCUT2D eigenvalue weighted by Gasteiger charge is 2.29. The van der Waals surface area contributed by atoms with E-state index < -0.39 is 0 Å². The number of nitrogens with one attached hydrogen (secondary N) is 1. The molecule has 1 aromatic heterocycles. The third kappa shape index (κ3) is 2.63. The predicted molar refractivity (Wildman–Crippen MR) is 74.6 cm³/mol. The van der Waals surface area contributed by atoms with Gasteiger partial charge >= 0.3 is 0 Å². The van der Waals surface area contributed by atoms with Gasteiger partial charge in [0, 0.05) is 18.3 Å². The number of rotatable bonds is 4. The number of carbonyl (C=O) groups excluding carboxylic acids is 1. The zero-order valence-corrected chi connectivity index (χ0v) is 11.7. The molecule has 6 heteroatoms. The SMILES string of the molecule is CCSC1CCCC1NC(=O)c1cnn(C)c1N. The molecule has 18 heavy (non-hydrogen) atoms. The Hall–Kier alpha value is -1.17. The lowest BCUT2D eigenvalue weighted by molar-refractivity contribution is 0.0939. The van der Waals surface area contributed by atoms with Crippen molar-refractivity contribution in [3.8, 4) is 0 Å². The molecular weight excluding hydrogens is 248 g/mol. The van der Waals surface area contributed by atoms with Crippen molar-refractivity contribution in [2.24, 2.45) is 7.05 Å². The van der Waals surface area contributed by atoms with E-state index in [0.29, 0.717) is 16.6 Å². The van der Waals surface area contributed by atoms with Crippen molar-refractivity contribution in [3.05, 3.63) is 11.8 Å². The van der Waals surface area contributed by atoms with Gasteiger partial charge in [0.1, 0.15) is 11.4 Å². The van der Waals surface area contributed by atoms with E-state index in [1.807, 2.05) is 11.8 Å². The molecule has 5 nitrogen and oxygen atoms in total. The van der Waals surface area contributed by atoms with E-state index in [0.717, 1.165) is 12.2 Å². The first-order chi connectivity index (χ1) is 8.63. The molecule has 1 aliphatic rings. The zero-order valence-electron chi connectivity index (χ0n) is 10.8. The molecule has 2 atom stereocenters. The van der Waals surface area contributed by atoms with Crippen LogP contribution in [0, 0.1) is 0 Å². The smallest absolute Gasteiger partial charge is 0.256 e. The number of aromatic nitrogens is 2. The highest BCUT2D eigenvalue weighted by Crippen LogP contribution is 2.30. The second-order valence-electron chi connectivity index (χ2n) is 4.57. The molecule has 1 saturated carbocycles. The maximum atomic E-state index is 12.1. The average molecular weight is 268 g/mol. The van der Waals surface area contributed by atoms with Gasteiger partial charge < -0.3 is 11.1 Å². The Morgan fingerprint density at radius 2 is 2.44 bits per heavy atom. The summed E-state index contributed by atoms with van der Waals surface area (Å²) in [7, 11) is 1.73. The standard InChI is InChI=1S/C12H20N4OS/c1-3-18-10-6-4-5-9(10)15-12(17)8-7-14-16(2)11(8)13/h7,9-10H,3-6,13H2,1-2H3,(H,15,17). The van der Waals surface area contributed by atoms with Crippen LogP contribution in [0.2, 0.25) is 0 Å². The fourth-order valence-electron chi connectivity index (χ4n) is 2.37. The van der Waals surface area contributed by atoms with Crippen molar-refractivity contribution >= 4 is 23.5 Å². The van der Waals surface area contributed by atoms with Gasteiger partial charge in [-0.2, -0.15) is 16.9 Å². The highest BCUT2D eigenvalue weighted by molar-refractivity contribution is 7.99. The maximum absolute atomic E-state index is 12.1. The molecule has 1 amide bonds. The molecule has 0 radical (unpaired) electrons. The van der Waals surface area contributed by atoms with Crippen LogP contribution < -0.4 is 11.1 Å². The van der Waals surface area contributed by atoms with Crippen molar-refractivity contribution in [2.75, 3.05) is 11.5 Å². The number of carbonyl (C=O) groups is 1. The molecule has 0 spiro atoms. The third-order valence-corrected chi connectivity index (χ3v) is 4.70. The lowest BCUT2D eigenvalue weighted by atomic mass is 10.2. The Bertz CT molecular complexity index is 432. The topological polar surface area (TPSA) is 72.9 Å². The summed E-state index contributed by atoms with van der Waals surface area (Å²) in [5.41, 5.74) is 6.28. The summed E-state index contributed by atoms with van der Waals surface area (Å²) >= 11 is 1.93. The number of aryl methyl sites for hydroxylation is 1. The fourth-order valence-corrected chi connectivity index (χ4v) is 3.57. The summed E-state index contributed by atoms with van der Waals surface area (Å²) in [5.74, 6) is 1.41. The molecule has 100 valence electrons. The van der Waals surface area contributed by atoms with Crippen LogP contribution in [0.15, 0.2) is 6.20 Å². The number of nitrogens with zero attached hydrogens (tertiary/aromatic N) is 2. The Labute approximate surface area is 111 Å². The van der Waals surface area contributed by atoms with Crippen molar-refractivity contribution in [2.45, 2.75) is 37.5 Å². The summed E-state index contributed by atoms with van der Waals surface area (Å²) in [6, 6.07) is 0.266. The lowest BCUT2D eigenvalue weighted by Gasteiger charge is -2.19. The largest absolute Gasteiger partial charge is 0.383 e. The minimum atomic E-state index is -0.103. The van der Waals surface area contributed by atoms with E-state index in [1.165, 1.54) is 23.7 Å². The van der Waals surface area contributed by atoms with Crippen molar-refractivity contribution in [3.63, 3.8) is 0 Å². The van der Waals surface area contributed by atoms with Crippen molar-refractivity contribution in [1.82, 2.24) is 15.1 Å². The van der Waals surface area contributed by atoms with Gasteiger partial charge in [-0.3, -0.25) is 9.48 Å². The van der Waals surface area contributed by atoms with Crippen LogP contribution in [0.25, 0.3) is 0 Å². The molecule has 3 N–H and O–H groups in total. The number of hydrogen-bond acceptors (Lipinski definition) is 4. The maximum Gasteiger partial charge on any atom is 0.256 e. The molecule has 2 rings (SSSR count). The van der Waals surface area contributed by atoms with Gasteiger partial charge in [-0.15, -0.1) is 0 Å². The minimum absolute atomic E-state index is 0.103. The molecule has 1 heterocycles. The van der Waals surface area contributed by atoms with Gasteiger partial charge in [-0.05, 0) is 18.6 Å². The summed E-state index contributed by atoms with van der Waals surface area (Å²) in [6.07, 6.45) is 4.96. The fraction of sp³-hybridized carbons (Fsp3) is 0.667. The lowest BCUT2D eigenvalue weighted by Crippen LogP contribution is -2.39. The first kappa shape index (κ1) is 13.3. The highest BCUT2D eigenvalue weighted by atomic mass is 32.2. The van der Waals surface area contributed by atoms with Gasteiger partial charge in [0.2, 0.25) is 0 Å². The van der Waals surface area contributed by atoms with Gasteiger partial charge in [-0.25, -0.2) is 0 Å². The molecule has 0 bridgehead atoms. The molecule has 2 unspecified atom stereocenters. The summed E-state index contributed by atoms with van der Waals surface area (Å²) in [4.78, 5) is 12.1. The molecule has 0 aliphatic heterocycles. The number of nitrogens with two attached hydrogens (primary N) is 1. The van der Waals surface area contributed by atoms with Crippen LogP contribution in [0.1, 0.15) is 36.5 Å². The van der Waals surface area contributed by atoms with Crippen molar-refractivity contribution in [1.29, 1.82) is 0 Å². The Morgan fingerprint density at radius 3 is 3.06 bits per heavy atom. The molecule has 1 aliphatic carbocycles. The molecule has 1 fully saturated rings. The van der Waals surface area contributed by atoms with Gasteiger partial charge in [0.15, 0.2) is 0 Å². The molecular formula is C12H20N4OS. The van der Waals surface area contributed by atoms with Gasteiger partial charge in [-0.1, -0.05) is 13.3 Å². The van der Waals surface area contributed by atoms with Crippen LogP contribution in [0.3, 0.4) is 0 Å². The van der Waals surface area contributed by atoms with Gasteiger partial charge in [0.05, 0.1) is 6.20 Å². The van der Waals surface area contributed by atoms with Crippen LogP contribution in [-0.4, -0.2) is 32.7 Å². The first-order valence-corrected chi connectivity index (χ1v) is 7.38. The Kier molecular flexibility index (Phi) is 4.16. The summed E-state index contributed by atoms with van der Waals surface area (Å²) < 4.78 is 1.52. The molecule has 0 aromatic carbocycles. The minimum Gasteiger partial charge on any atom is -0.383 e. The Balaban J connectivity index is 2.01. The van der Waals surface area contributed by atoms with Crippen LogP contribution in [-0.2, 0) is 7.05 Å². The molecule has 1 aromatic rings. The average Bonchev–Trinajstić information content (AvgIpc) is 2.89. The Morgan fingerprint density at radius 1 is 1.67 bits per heavy atom. The number of nitrogen functional groups attached to an aromatic ring is 1. The second-order valence-corrected chi connectivity index (χ2v) is 6.09. The van der Waals surface area contributed by atoms with E-state index in [-0.39, 0.29) is 11.9 Å². The first-order valence-electron chi connectivity index (χ1n) is 6.33. The number of amides is 1. The van der Waals surface area contributed by atoms with E-state index in [2.05, 4.69) is 17.3 Å². The zero-order chi connectivity index (χ0) is 13.1. The number of thioether (sulfide) groups is 1. The number of hydrogen-bond donors (Lipinski definition) is 2. The summed E-state index contributed by atoms with van der Waals surface area (Å²) in [5, 5.41) is 7.62. The number of anilines is 1. The van der Waals surface area contributed by atoms with E-state index in [4.69, 9.17) is 5.73 Å². The van der Waals surface area contributed by atoms with Crippen LogP contribution in [0.5, 0.6) is 0 Å². The summed E-state index contributed by atoms with van der Waals surface area (Å²) in [6.45, 7) is 2.15.